The first-order valence-corrected chi connectivity index (χ1v) is 14.0. The Morgan fingerprint density at radius 2 is 1.72 bits per heavy atom. The number of hydrogen-bond acceptors (Lipinski definition) is 10. The van der Waals surface area contributed by atoms with Gasteiger partial charge >= 0.3 is 6.09 Å². The number of carbonyl (C=O) groups is 2. The van der Waals surface area contributed by atoms with E-state index in [1.165, 1.54) is 0 Å². The van der Waals surface area contributed by atoms with Gasteiger partial charge in [0.05, 0.1) is 6.61 Å². The zero-order valence-electron chi connectivity index (χ0n) is 24.0. The molecule has 0 bridgehead atoms. The van der Waals surface area contributed by atoms with Gasteiger partial charge in [0, 0.05) is 36.3 Å². The zero-order valence-corrected chi connectivity index (χ0v) is 24.0. The van der Waals surface area contributed by atoms with Crippen molar-refractivity contribution < 1.29 is 44.2 Å². The fraction of sp³-hybridized carbons (Fsp3) is 0.433. The van der Waals surface area contributed by atoms with Gasteiger partial charge in [0.25, 0.3) is 0 Å². The Morgan fingerprint density at radius 1 is 1.00 bits per heavy atom. The molecule has 1 aromatic heterocycles. The largest absolute Gasteiger partial charge is 0.445 e. The number of aliphatic hydroxyl groups is 4. The third-order valence-electron chi connectivity index (χ3n) is 6.97. The van der Waals surface area contributed by atoms with Crippen molar-refractivity contribution in [1.29, 1.82) is 0 Å². The lowest BCUT2D eigenvalue weighted by atomic mass is 9.98. The number of rotatable bonds is 12. The SMILES string of the molecule is CC(C)c1[nH]nc(O[C@@H]2O[C@H](CO)[C@@H](O)[C@H](O)[C@H]2O)c1Cc1ccc(NC(=O)CCNC(=O)OCc2ccccc2)cc1. The van der Waals surface area contributed by atoms with E-state index >= 15 is 0 Å². The van der Waals surface area contributed by atoms with Crippen molar-refractivity contribution >= 4 is 17.7 Å². The van der Waals surface area contributed by atoms with Crippen LogP contribution in [0.1, 0.15) is 48.6 Å². The molecular weight excluding hydrogens is 560 g/mol. The second-order valence-corrected chi connectivity index (χ2v) is 10.6. The highest BCUT2D eigenvalue weighted by molar-refractivity contribution is 5.91. The first-order chi connectivity index (χ1) is 20.7. The highest BCUT2D eigenvalue weighted by Gasteiger charge is 2.45. The second-order valence-electron chi connectivity index (χ2n) is 10.6. The van der Waals surface area contributed by atoms with Gasteiger partial charge < -0.3 is 45.3 Å². The van der Waals surface area contributed by atoms with Gasteiger partial charge in [0.2, 0.25) is 18.1 Å². The van der Waals surface area contributed by atoms with E-state index in [4.69, 9.17) is 14.2 Å². The predicted octanol–water partition coefficient (Wildman–Crippen LogP) is 1.56. The fourth-order valence-corrected chi connectivity index (χ4v) is 4.57. The van der Waals surface area contributed by atoms with E-state index < -0.39 is 43.4 Å². The Kier molecular flexibility index (Phi) is 11.1. The Morgan fingerprint density at radius 3 is 2.40 bits per heavy atom. The molecule has 232 valence electrons. The van der Waals surface area contributed by atoms with Crippen LogP contribution in [0, 0.1) is 0 Å². The van der Waals surface area contributed by atoms with E-state index in [-0.39, 0.29) is 37.3 Å². The predicted molar refractivity (Wildman–Crippen MR) is 154 cm³/mol. The van der Waals surface area contributed by atoms with Crippen LogP contribution in [0.4, 0.5) is 10.5 Å². The van der Waals surface area contributed by atoms with E-state index in [1.807, 2.05) is 56.3 Å². The van der Waals surface area contributed by atoms with Gasteiger partial charge in [-0.1, -0.05) is 56.3 Å². The molecule has 13 nitrogen and oxygen atoms in total. The molecule has 0 saturated carbocycles. The molecule has 43 heavy (non-hydrogen) atoms. The molecule has 1 aliphatic rings. The van der Waals surface area contributed by atoms with Gasteiger partial charge in [-0.3, -0.25) is 9.89 Å². The number of H-pyrrole nitrogens is 1. The van der Waals surface area contributed by atoms with Crippen molar-refractivity contribution in [2.75, 3.05) is 18.5 Å². The average Bonchev–Trinajstić information content (AvgIpc) is 3.39. The van der Waals surface area contributed by atoms with Gasteiger partial charge in [-0.05, 0) is 29.2 Å². The van der Waals surface area contributed by atoms with Crippen LogP contribution < -0.4 is 15.4 Å². The normalized spacial score (nSPS) is 21.8. The molecule has 5 atom stereocenters. The van der Waals surface area contributed by atoms with E-state index in [9.17, 15) is 30.0 Å². The summed E-state index contributed by atoms with van der Waals surface area (Å²) in [6.45, 7) is 3.64. The molecule has 7 N–H and O–H groups in total. The number of aromatic amines is 1. The summed E-state index contributed by atoms with van der Waals surface area (Å²) in [6.07, 6.45) is -7.26. The molecule has 0 unspecified atom stereocenters. The van der Waals surface area contributed by atoms with Crippen LogP contribution in [0.15, 0.2) is 54.6 Å². The highest BCUT2D eigenvalue weighted by atomic mass is 16.7. The molecule has 0 aliphatic carbocycles. The van der Waals surface area contributed by atoms with Gasteiger partial charge in [-0.25, -0.2) is 4.79 Å². The monoisotopic (exact) mass is 598 g/mol. The summed E-state index contributed by atoms with van der Waals surface area (Å²) < 4.78 is 16.4. The lowest BCUT2D eigenvalue weighted by molar-refractivity contribution is -0.278. The second kappa shape index (κ2) is 14.9. The van der Waals surface area contributed by atoms with Crippen LogP contribution in [0.25, 0.3) is 0 Å². The average molecular weight is 599 g/mol. The van der Waals surface area contributed by atoms with E-state index in [0.717, 1.165) is 16.8 Å². The van der Waals surface area contributed by atoms with E-state index in [2.05, 4.69) is 20.8 Å². The van der Waals surface area contributed by atoms with E-state index in [1.54, 1.807) is 12.1 Å². The number of hydrogen-bond donors (Lipinski definition) is 7. The summed E-state index contributed by atoms with van der Waals surface area (Å²) in [4.78, 5) is 24.2. The van der Waals surface area contributed by atoms with Crippen LogP contribution in [-0.2, 0) is 27.3 Å². The van der Waals surface area contributed by atoms with Crippen LogP contribution in [0.2, 0.25) is 0 Å². The van der Waals surface area contributed by atoms with Gasteiger partial charge in [0.15, 0.2) is 0 Å². The number of amides is 2. The molecule has 1 aliphatic heterocycles. The summed E-state index contributed by atoms with van der Waals surface area (Å²) in [5.41, 5.74) is 3.82. The van der Waals surface area contributed by atoms with Crippen LogP contribution in [0.5, 0.6) is 5.88 Å². The number of alkyl carbamates (subject to hydrolysis) is 1. The molecule has 2 aromatic carbocycles. The quantitative estimate of drug-likeness (QED) is 0.161. The third kappa shape index (κ3) is 8.52. The molecule has 0 spiro atoms. The third-order valence-corrected chi connectivity index (χ3v) is 6.97. The fourth-order valence-electron chi connectivity index (χ4n) is 4.57. The Bertz CT molecular complexity index is 1330. The summed E-state index contributed by atoms with van der Waals surface area (Å²) >= 11 is 0. The lowest BCUT2D eigenvalue weighted by Crippen LogP contribution is -2.60. The maximum atomic E-state index is 12.4. The standard InChI is InChI=1S/C30H38N4O9/c1-17(2)24-21(28(34-33-24)43-29-27(39)26(38)25(37)22(15-35)42-29)14-18-8-10-20(11-9-18)32-23(36)12-13-31-30(40)41-16-19-6-4-3-5-7-19/h3-11,17,22,25-27,29,35,37-39H,12-16H2,1-2H3,(H,31,40)(H,32,36)(H,33,34)/t22-,25-,26+,27-,29+/m1/s1. The van der Waals surface area contributed by atoms with Crippen molar-refractivity contribution in [3.63, 3.8) is 0 Å². The van der Waals surface area contributed by atoms with Crippen molar-refractivity contribution in [3.8, 4) is 5.88 Å². The summed E-state index contributed by atoms with van der Waals surface area (Å²) in [6, 6.07) is 16.5. The molecule has 4 rings (SSSR count). The van der Waals surface area contributed by atoms with Crippen molar-refractivity contribution in [2.24, 2.45) is 0 Å². The summed E-state index contributed by atoms with van der Waals surface area (Å²) in [5.74, 6) is -0.0686. The van der Waals surface area contributed by atoms with Crippen LogP contribution in [0.3, 0.4) is 0 Å². The van der Waals surface area contributed by atoms with Crippen LogP contribution >= 0.6 is 0 Å². The number of benzene rings is 2. The van der Waals surface area contributed by atoms with Crippen molar-refractivity contribution in [2.45, 2.75) is 69.9 Å². The molecular formula is C30H38N4O9. The molecule has 2 amide bonds. The smallest absolute Gasteiger partial charge is 0.407 e. The summed E-state index contributed by atoms with van der Waals surface area (Å²) in [7, 11) is 0. The maximum Gasteiger partial charge on any atom is 0.407 e. The van der Waals surface area contributed by atoms with Crippen LogP contribution in [-0.4, -0.2) is 86.5 Å². The minimum atomic E-state index is -1.57. The number of carbonyl (C=O) groups excluding carboxylic acids is 2. The Labute approximate surface area is 248 Å². The number of nitrogens with zero attached hydrogens (tertiary/aromatic N) is 1. The summed E-state index contributed by atoms with van der Waals surface area (Å²) in [5, 5.41) is 52.6. The molecule has 1 fully saturated rings. The first kappa shape index (κ1) is 31.9. The number of anilines is 1. The zero-order chi connectivity index (χ0) is 30.9. The molecule has 2 heterocycles. The number of aromatic nitrogens is 2. The maximum absolute atomic E-state index is 12.4. The lowest BCUT2D eigenvalue weighted by Gasteiger charge is -2.39. The molecule has 0 radical (unpaired) electrons. The highest BCUT2D eigenvalue weighted by Crippen LogP contribution is 2.31. The molecule has 3 aromatic rings. The number of nitrogens with one attached hydrogen (secondary N) is 3. The minimum Gasteiger partial charge on any atom is -0.445 e. The topological polar surface area (TPSA) is 195 Å². The van der Waals surface area contributed by atoms with E-state index in [0.29, 0.717) is 17.7 Å². The van der Waals surface area contributed by atoms with Gasteiger partial charge in [0.1, 0.15) is 31.0 Å². The van der Waals surface area contributed by atoms with Crippen molar-refractivity contribution in [1.82, 2.24) is 15.5 Å². The first-order valence-electron chi connectivity index (χ1n) is 14.0. The van der Waals surface area contributed by atoms with Gasteiger partial charge in [-0.15, -0.1) is 5.10 Å². The minimum absolute atomic E-state index is 0.0532. The molecule has 13 heteroatoms. The number of aliphatic hydroxyl groups excluding tert-OH is 4. The van der Waals surface area contributed by atoms with Gasteiger partial charge in [-0.2, -0.15) is 0 Å². The Balaban J connectivity index is 1.30. The van der Waals surface area contributed by atoms with Crippen molar-refractivity contribution in [3.05, 3.63) is 77.0 Å². The number of ether oxygens (including phenoxy) is 3. The Hall–Kier alpha value is -4.01. The molecule has 1 saturated heterocycles.